The van der Waals surface area contributed by atoms with Crippen molar-refractivity contribution in [3.63, 3.8) is 0 Å². The van der Waals surface area contributed by atoms with E-state index in [1.54, 1.807) is 13.2 Å². The summed E-state index contributed by atoms with van der Waals surface area (Å²) in [5.74, 6) is 1.01. The predicted octanol–water partition coefficient (Wildman–Crippen LogP) is 1.46. The average molecular weight is 195 g/mol. The molecule has 0 spiro atoms. The molecule has 0 fully saturated rings. The van der Waals surface area contributed by atoms with Gasteiger partial charge in [-0.3, -0.25) is 0 Å². The largest absolute Gasteiger partial charge is 0.508 e. The fourth-order valence-electron chi connectivity index (χ4n) is 1.49. The molecule has 3 N–H and O–H groups in total. The Bertz CT molecular complexity index is 310. The highest BCUT2D eigenvalue weighted by Crippen LogP contribution is 2.28. The first-order valence-corrected chi connectivity index (χ1v) is 4.81. The number of aromatic hydroxyl groups is 1. The van der Waals surface area contributed by atoms with Crippen molar-refractivity contribution in [1.29, 1.82) is 0 Å². The lowest BCUT2D eigenvalue weighted by Crippen LogP contribution is -2.04. The molecule has 0 radical (unpaired) electrons. The number of nitrogens with two attached hydrogens (primary N) is 1. The van der Waals surface area contributed by atoms with Crippen LogP contribution in [0.1, 0.15) is 18.1 Å². The monoisotopic (exact) mass is 195 g/mol. The van der Waals surface area contributed by atoms with Crippen molar-refractivity contribution in [3.8, 4) is 11.5 Å². The number of hydrogen-bond donors (Lipinski definition) is 2. The lowest BCUT2D eigenvalue weighted by Gasteiger charge is -2.10. The summed E-state index contributed by atoms with van der Waals surface area (Å²) < 4.78 is 5.16. The van der Waals surface area contributed by atoms with Crippen LogP contribution in [0.2, 0.25) is 0 Å². The van der Waals surface area contributed by atoms with Gasteiger partial charge in [0.2, 0.25) is 0 Å². The number of aryl methyl sites for hydroxylation is 1. The third kappa shape index (κ3) is 2.17. The number of methoxy groups -OCH3 is 1. The van der Waals surface area contributed by atoms with Crippen molar-refractivity contribution >= 4 is 0 Å². The molecule has 0 atom stereocenters. The van der Waals surface area contributed by atoms with Crippen LogP contribution in [-0.2, 0) is 12.8 Å². The van der Waals surface area contributed by atoms with E-state index in [2.05, 4.69) is 6.92 Å². The van der Waals surface area contributed by atoms with Crippen LogP contribution in [0.5, 0.6) is 11.5 Å². The van der Waals surface area contributed by atoms with Gasteiger partial charge in [0.05, 0.1) is 7.11 Å². The lowest BCUT2D eigenvalue weighted by molar-refractivity contribution is 0.402. The molecule has 3 heteroatoms. The Morgan fingerprint density at radius 3 is 2.57 bits per heavy atom. The maximum absolute atomic E-state index is 9.64. The topological polar surface area (TPSA) is 55.5 Å². The lowest BCUT2D eigenvalue weighted by atomic mass is 10.0. The Morgan fingerprint density at radius 2 is 2.07 bits per heavy atom. The maximum Gasteiger partial charge on any atom is 0.125 e. The van der Waals surface area contributed by atoms with Crippen LogP contribution in [0.3, 0.4) is 0 Å². The number of phenols is 1. The minimum absolute atomic E-state index is 0.268. The molecule has 0 bridgehead atoms. The summed E-state index contributed by atoms with van der Waals surface area (Å²) in [5.41, 5.74) is 7.45. The van der Waals surface area contributed by atoms with Gasteiger partial charge in [0, 0.05) is 6.07 Å². The first-order chi connectivity index (χ1) is 6.72. The highest BCUT2D eigenvalue weighted by molar-refractivity contribution is 5.46. The molecular weight excluding hydrogens is 178 g/mol. The highest BCUT2D eigenvalue weighted by atomic mass is 16.5. The Morgan fingerprint density at radius 1 is 1.36 bits per heavy atom. The molecule has 0 saturated heterocycles. The van der Waals surface area contributed by atoms with Crippen LogP contribution in [0.25, 0.3) is 0 Å². The quantitative estimate of drug-likeness (QED) is 0.764. The zero-order chi connectivity index (χ0) is 10.6. The van der Waals surface area contributed by atoms with Crippen molar-refractivity contribution in [3.05, 3.63) is 23.3 Å². The van der Waals surface area contributed by atoms with Gasteiger partial charge in [-0.15, -0.1) is 0 Å². The third-order valence-electron chi connectivity index (χ3n) is 2.28. The molecular formula is C11H17NO2. The Hall–Kier alpha value is -1.22. The second kappa shape index (κ2) is 4.86. The van der Waals surface area contributed by atoms with E-state index in [0.29, 0.717) is 13.0 Å². The molecule has 0 unspecified atom stereocenters. The Labute approximate surface area is 84.5 Å². The zero-order valence-corrected chi connectivity index (χ0v) is 8.71. The van der Waals surface area contributed by atoms with Gasteiger partial charge < -0.3 is 15.6 Å². The van der Waals surface area contributed by atoms with Gasteiger partial charge in [-0.25, -0.2) is 0 Å². The van der Waals surface area contributed by atoms with Crippen LogP contribution < -0.4 is 10.5 Å². The van der Waals surface area contributed by atoms with Crippen LogP contribution in [0.4, 0.5) is 0 Å². The summed E-state index contributed by atoms with van der Waals surface area (Å²) in [6, 6.07) is 3.62. The fourth-order valence-corrected chi connectivity index (χ4v) is 1.49. The van der Waals surface area contributed by atoms with E-state index in [4.69, 9.17) is 10.5 Å². The molecule has 78 valence electrons. The normalized spacial score (nSPS) is 10.2. The number of benzene rings is 1. The summed E-state index contributed by atoms with van der Waals surface area (Å²) in [6.07, 6.45) is 1.59. The van der Waals surface area contributed by atoms with Gasteiger partial charge in [-0.1, -0.05) is 6.92 Å². The molecule has 0 aliphatic carbocycles. The number of ether oxygens (including phenoxy) is 1. The van der Waals surface area contributed by atoms with E-state index >= 15 is 0 Å². The van der Waals surface area contributed by atoms with Gasteiger partial charge in [0.15, 0.2) is 0 Å². The summed E-state index contributed by atoms with van der Waals surface area (Å²) in [6.45, 7) is 2.60. The van der Waals surface area contributed by atoms with Gasteiger partial charge in [0.25, 0.3) is 0 Å². The molecule has 0 aromatic heterocycles. The molecule has 1 aromatic carbocycles. The molecule has 0 amide bonds. The zero-order valence-electron chi connectivity index (χ0n) is 8.71. The maximum atomic E-state index is 9.64. The molecule has 0 heterocycles. The van der Waals surface area contributed by atoms with E-state index in [9.17, 15) is 5.11 Å². The first-order valence-electron chi connectivity index (χ1n) is 4.81. The fraction of sp³-hybridized carbons (Fsp3) is 0.455. The SMILES string of the molecule is CCc1cc(CCN)c(O)cc1OC. The standard InChI is InChI=1S/C11H17NO2/c1-3-8-6-9(4-5-12)10(13)7-11(8)14-2/h6-7,13H,3-5,12H2,1-2H3. The van der Waals surface area contributed by atoms with Gasteiger partial charge in [0.1, 0.15) is 11.5 Å². The number of hydrogen-bond acceptors (Lipinski definition) is 3. The first kappa shape index (κ1) is 10.9. The number of phenolic OH excluding ortho intramolecular Hbond substituents is 1. The van der Waals surface area contributed by atoms with Crippen LogP contribution >= 0.6 is 0 Å². The molecule has 1 rings (SSSR count). The van der Waals surface area contributed by atoms with E-state index in [1.165, 1.54) is 0 Å². The molecule has 14 heavy (non-hydrogen) atoms. The van der Waals surface area contributed by atoms with Crippen molar-refractivity contribution in [2.45, 2.75) is 19.8 Å². The van der Waals surface area contributed by atoms with Gasteiger partial charge >= 0.3 is 0 Å². The van der Waals surface area contributed by atoms with Crippen molar-refractivity contribution in [2.24, 2.45) is 5.73 Å². The second-order valence-corrected chi connectivity index (χ2v) is 3.18. The predicted molar refractivity (Wildman–Crippen MR) is 56.8 cm³/mol. The van der Waals surface area contributed by atoms with Crippen LogP contribution in [0, 0.1) is 0 Å². The van der Waals surface area contributed by atoms with Gasteiger partial charge in [-0.2, -0.15) is 0 Å². The summed E-state index contributed by atoms with van der Waals surface area (Å²) in [7, 11) is 1.61. The highest BCUT2D eigenvalue weighted by Gasteiger charge is 2.07. The van der Waals surface area contributed by atoms with E-state index < -0.39 is 0 Å². The van der Waals surface area contributed by atoms with E-state index in [-0.39, 0.29) is 5.75 Å². The summed E-state index contributed by atoms with van der Waals surface area (Å²) >= 11 is 0. The Balaban J connectivity index is 3.09. The molecule has 3 nitrogen and oxygen atoms in total. The molecule has 0 saturated carbocycles. The van der Waals surface area contributed by atoms with Crippen LogP contribution in [0.15, 0.2) is 12.1 Å². The summed E-state index contributed by atoms with van der Waals surface area (Å²) in [4.78, 5) is 0. The molecule has 0 aliphatic heterocycles. The van der Waals surface area contributed by atoms with Gasteiger partial charge in [-0.05, 0) is 36.6 Å². The average Bonchev–Trinajstić information content (AvgIpc) is 2.20. The van der Waals surface area contributed by atoms with Crippen molar-refractivity contribution in [2.75, 3.05) is 13.7 Å². The Kier molecular flexibility index (Phi) is 3.77. The smallest absolute Gasteiger partial charge is 0.125 e. The molecule has 0 aliphatic rings. The van der Waals surface area contributed by atoms with Crippen LogP contribution in [-0.4, -0.2) is 18.8 Å². The number of rotatable bonds is 4. The minimum Gasteiger partial charge on any atom is -0.508 e. The van der Waals surface area contributed by atoms with E-state index in [0.717, 1.165) is 23.3 Å². The second-order valence-electron chi connectivity index (χ2n) is 3.18. The third-order valence-corrected chi connectivity index (χ3v) is 2.28. The summed E-state index contributed by atoms with van der Waals surface area (Å²) in [5, 5.41) is 9.64. The van der Waals surface area contributed by atoms with E-state index in [1.807, 2.05) is 6.07 Å². The minimum atomic E-state index is 0.268. The molecule has 1 aromatic rings. The van der Waals surface area contributed by atoms with Crippen molar-refractivity contribution < 1.29 is 9.84 Å². The van der Waals surface area contributed by atoms with Crippen molar-refractivity contribution in [1.82, 2.24) is 0 Å².